The molecule has 1 aliphatic heterocycles. The number of aromatic nitrogens is 1. The Morgan fingerprint density at radius 3 is 2.85 bits per heavy atom. The molecular weight excluding hydrogens is 260 g/mol. The van der Waals surface area contributed by atoms with Gasteiger partial charge in [0, 0.05) is 23.7 Å². The first-order chi connectivity index (χ1) is 9.56. The van der Waals surface area contributed by atoms with Crippen LogP contribution in [0.4, 0.5) is 14.5 Å². The average Bonchev–Trinajstić information content (AvgIpc) is 2.42. The first-order valence-electron chi connectivity index (χ1n) is 6.77. The molecule has 0 spiro atoms. The number of halogens is 2. The summed E-state index contributed by atoms with van der Waals surface area (Å²) >= 11 is 0. The van der Waals surface area contributed by atoms with Gasteiger partial charge in [-0.3, -0.25) is 4.98 Å². The van der Waals surface area contributed by atoms with Crippen molar-refractivity contribution < 1.29 is 8.78 Å². The Hall–Kier alpha value is -1.75. The molecule has 2 N–H and O–H groups in total. The Bertz CT molecular complexity index is 644. The molecule has 106 valence electrons. The van der Waals surface area contributed by atoms with E-state index in [1.807, 2.05) is 11.8 Å². The molecule has 2 atom stereocenters. The maximum absolute atomic E-state index is 13.9. The zero-order valence-electron chi connectivity index (χ0n) is 11.3. The summed E-state index contributed by atoms with van der Waals surface area (Å²) in [5, 5.41) is 0.471. The fourth-order valence-electron chi connectivity index (χ4n) is 2.66. The number of nitrogens with two attached hydrogens (primary N) is 1. The largest absolute Gasteiger partial charge is 0.367 e. The van der Waals surface area contributed by atoms with Gasteiger partial charge in [0.25, 0.3) is 0 Å². The van der Waals surface area contributed by atoms with Gasteiger partial charge in [-0.2, -0.15) is 0 Å². The van der Waals surface area contributed by atoms with E-state index >= 15 is 0 Å². The predicted octanol–water partition coefficient (Wildman–Crippen LogP) is 2.56. The van der Waals surface area contributed by atoms with Crippen molar-refractivity contribution in [1.82, 2.24) is 4.98 Å². The second-order valence-corrected chi connectivity index (χ2v) is 5.33. The van der Waals surface area contributed by atoms with Crippen molar-refractivity contribution >= 4 is 16.6 Å². The topological polar surface area (TPSA) is 42.1 Å². The van der Waals surface area contributed by atoms with E-state index in [4.69, 9.17) is 5.73 Å². The van der Waals surface area contributed by atoms with Crippen LogP contribution in [0.2, 0.25) is 0 Å². The van der Waals surface area contributed by atoms with Gasteiger partial charge in [-0.1, -0.05) is 0 Å². The molecule has 0 radical (unpaired) electrons. The summed E-state index contributed by atoms with van der Waals surface area (Å²) in [6, 6.07) is 6.18. The van der Waals surface area contributed by atoms with Crippen LogP contribution >= 0.6 is 0 Å². The molecule has 3 nitrogen and oxygen atoms in total. The monoisotopic (exact) mass is 277 g/mol. The van der Waals surface area contributed by atoms with Crippen molar-refractivity contribution in [3.05, 3.63) is 35.8 Å². The highest BCUT2D eigenvalue weighted by Crippen LogP contribution is 2.30. The van der Waals surface area contributed by atoms with E-state index in [-0.39, 0.29) is 12.4 Å². The number of alkyl halides is 1. The number of rotatable bonds is 1. The molecule has 2 heterocycles. The van der Waals surface area contributed by atoms with Crippen LogP contribution in [0.25, 0.3) is 10.9 Å². The standard InChI is InChI=1S/C15H17F2N3/c1-9-2-3-10-11(16)4-5-14(15(10)19-9)20-7-6-13(18)12(17)8-20/h2-5,12-13H,6-8,18H2,1H3. The number of aryl methyl sites for hydroxylation is 1. The van der Waals surface area contributed by atoms with Gasteiger partial charge in [-0.05, 0) is 37.6 Å². The van der Waals surface area contributed by atoms with Crippen molar-refractivity contribution in [2.45, 2.75) is 25.6 Å². The molecule has 1 aromatic carbocycles. The maximum Gasteiger partial charge on any atom is 0.133 e. The normalized spacial score (nSPS) is 23.3. The number of piperidine rings is 1. The molecule has 0 bridgehead atoms. The molecule has 0 amide bonds. The molecule has 0 aliphatic carbocycles. The van der Waals surface area contributed by atoms with Crippen LogP contribution in [0.5, 0.6) is 0 Å². The highest BCUT2D eigenvalue weighted by Gasteiger charge is 2.27. The minimum atomic E-state index is -1.06. The van der Waals surface area contributed by atoms with Gasteiger partial charge in [-0.15, -0.1) is 0 Å². The zero-order chi connectivity index (χ0) is 14.3. The molecule has 0 saturated carbocycles. The Morgan fingerprint density at radius 1 is 1.30 bits per heavy atom. The highest BCUT2D eigenvalue weighted by molar-refractivity contribution is 5.91. The van der Waals surface area contributed by atoms with Crippen molar-refractivity contribution in [3.63, 3.8) is 0 Å². The number of benzene rings is 1. The number of anilines is 1. The fraction of sp³-hybridized carbons (Fsp3) is 0.400. The Morgan fingerprint density at radius 2 is 2.10 bits per heavy atom. The first-order valence-corrected chi connectivity index (χ1v) is 6.77. The summed E-state index contributed by atoms with van der Waals surface area (Å²) in [6.07, 6.45) is -0.472. The molecule has 20 heavy (non-hydrogen) atoms. The van der Waals surface area contributed by atoms with E-state index in [1.165, 1.54) is 6.07 Å². The predicted molar refractivity (Wildman–Crippen MR) is 76.1 cm³/mol. The van der Waals surface area contributed by atoms with Crippen LogP contribution in [0.1, 0.15) is 12.1 Å². The van der Waals surface area contributed by atoms with Gasteiger partial charge >= 0.3 is 0 Å². The summed E-state index contributed by atoms with van der Waals surface area (Å²) in [5.41, 5.74) is 7.88. The second kappa shape index (κ2) is 4.98. The van der Waals surface area contributed by atoms with E-state index in [0.717, 1.165) is 11.4 Å². The van der Waals surface area contributed by atoms with Gasteiger partial charge in [-0.25, -0.2) is 8.78 Å². The molecule has 5 heteroatoms. The summed E-state index contributed by atoms with van der Waals surface area (Å²) in [6.45, 7) is 2.76. The zero-order valence-corrected chi connectivity index (χ0v) is 11.3. The first kappa shape index (κ1) is 13.2. The van der Waals surface area contributed by atoms with Gasteiger partial charge < -0.3 is 10.6 Å². The number of hydrogen-bond acceptors (Lipinski definition) is 3. The smallest absolute Gasteiger partial charge is 0.133 e. The number of pyridine rings is 1. The molecule has 3 rings (SSSR count). The molecule has 2 unspecified atom stereocenters. The Kier molecular flexibility index (Phi) is 3.30. The third kappa shape index (κ3) is 2.22. The van der Waals surface area contributed by atoms with Gasteiger partial charge in [0.15, 0.2) is 0 Å². The average molecular weight is 277 g/mol. The maximum atomic E-state index is 13.9. The van der Waals surface area contributed by atoms with Crippen LogP contribution < -0.4 is 10.6 Å². The third-order valence-corrected chi connectivity index (χ3v) is 3.85. The molecule has 1 aliphatic rings. The SMILES string of the molecule is Cc1ccc2c(F)ccc(N3CCC(N)C(F)C3)c2n1. The van der Waals surface area contributed by atoms with E-state index in [2.05, 4.69) is 4.98 Å². The van der Waals surface area contributed by atoms with Crippen molar-refractivity contribution in [2.75, 3.05) is 18.0 Å². The molecule has 2 aromatic rings. The van der Waals surface area contributed by atoms with E-state index < -0.39 is 12.2 Å². The number of fused-ring (bicyclic) bond motifs is 1. The van der Waals surface area contributed by atoms with Crippen molar-refractivity contribution in [3.8, 4) is 0 Å². The van der Waals surface area contributed by atoms with Crippen molar-refractivity contribution in [1.29, 1.82) is 0 Å². The minimum Gasteiger partial charge on any atom is -0.367 e. The molecular formula is C15H17F2N3. The van der Waals surface area contributed by atoms with E-state index in [0.29, 0.717) is 23.9 Å². The lowest BCUT2D eigenvalue weighted by Crippen LogP contribution is -2.48. The molecule has 1 saturated heterocycles. The lowest BCUT2D eigenvalue weighted by molar-refractivity contribution is 0.251. The number of hydrogen-bond donors (Lipinski definition) is 1. The van der Waals surface area contributed by atoms with Gasteiger partial charge in [0.05, 0.1) is 17.7 Å². The third-order valence-electron chi connectivity index (χ3n) is 3.85. The quantitative estimate of drug-likeness (QED) is 0.871. The van der Waals surface area contributed by atoms with Crippen LogP contribution in [-0.4, -0.2) is 30.3 Å². The Balaban J connectivity index is 2.07. The highest BCUT2D eigenvalue weighted by atomic mass is 19.1. The number of nitrogens with zero attached hydrogens (tertiary/aromatic N) is 2. The second-order valence-electron chi connectivity index (χ2n) is 5.33. The molecule has 1 aromatic heterocycles. The summed E-state index contributed by atoms with van der Waals surface area (Å²) in [5.74, 6) is -0.304. The Labute approximate surface area is 116 Å². The van der Waals surface area contributed by atoms with Crippen LogP contribution in [0.15, 0.2) is 24.3 Å². The summed E-state index contributed by atoms with van der Waals surface area (Å²) < 4.78 is 27.7. The van der Waals surface area contributed by atoms with Gasteiger partial charge in [0.1, 0.15) is 12.0 Å². The summed E-state index contributed by atoms with van der Waals surface area (Å²) in [7, 11) is 0. The lowest BCUT2D eigenvalue weighted by atomic mass is 10.0. The molecule has 1 fully saturated rings. The van der Waals surface area contributed by atoms with E-state index in [9.17, 15) is 8.78 Å². The fourth-order valence-corrected chi connectivity index (χ4v) is 2.66. The van der Waals surface area contributed by atoms with Crippen LogP contribution in [-0.2, 0) is 0 Å². The van der Waals surface area contributed by atoms with Gasteiger partial charge in [0.2, 0.25) is 0 Å². The summed E-state index contributed by atoms with van der Waals surface area (Å²) in [4.78, 5) is 6.33. The van der Waals surface area contributed by atoms with Crippen LogP contribution in [0.3, 0.4) is 0 Å². The van der Waals surface area contributed by atoms with Crippen molar-refractivity contribution in [2.24, 2.45) is 5.73 Å². The van der Waals surface area contributed by atoms with E-state index in [1.54, 1.807) is 18.2 Å². The van der Waals surface area contributed by atoms with Crippen LogP contribution in [0, 0.1) is 12.7 Å². The lowest BCUT2D eigenvalue weighted by Gasteiger charge is -2.34. The minimum absolute atomic E-state index is 0.234.